The molecule has 0 radical (unpaired) electrons. The fraction of sp³-hybridized carbons (Fsp3) is 0.438. The molecule has 2 aromatic rings. The van der Waals surface area contributed by atoms with Crippen LogP contribution in [0.5, 0.6) is 0 Å². The summed E-state index contributed by atoms with van der Waals surface area (Å²) < 4.78 is 15.2. The number of aromatic nitrogens is 2. The largest absolute Gasteiger partial charge is 0.313 e. The van der Waals surface area contributed by atoms with E-state index in [4.69, 9.17) is 0 Å². The lowest BCUT2D eigenvalue weighted by Gasteiger charge is -2.09. The second-order valence-corrected chi connectivity index (χ2v) is 4.93. The summed E-state index contributed by atoms with van der Waals surface area (Å²) in [7, 11) is 0. The number of nitrogens with one attached hydrogen (secondary N) is 1. The molecule has 0 aliphatic carbocycles. The van der Waals surface area contributed by atoms with Crippen LogP contribution in [0.3, 0.4) is 0 Å². The van der Waals surface area contributed by atoms with E-state index in [-0.39, 0.29) is 5.82 Å². The summed E-state index contributed by atoms with van der Waals surface area (Å²) in [4.78, 5) is 0. The van der Waals surface area contributed by atoms with Gasteiger partial charge in [-0.1, -0.05) is 26.0 Å². The third-order valence-corrected chi connectivity index (χ3v) is 3.33. The summed E-state index contributed by atoms with van der Waals surface area (Å²) in [6, 6.07) is 6.70. The zero-order valence-corrected chi connectivity index (χ0v) is 12.2. The smallest absolute Gasteiger partial charge is 0.123 e. The highest BCUT2D eigenvalue weighted by atomic mass is 19.1. The van der Waals surface area contributed by atoms with Gasteiger partial charge in [-0.3, -0.25) is 4.68 Å². The van der Waals surface area contributed by atoms with Crippen LogP contribution in [0.1, 0.15) is 37.1 Å². The van der Waals surface area contributed by atoms with E-state index in [2.05, 4.69) is 24.3 Å². The predicted octanol–water partition coefficient (Wildman–Crippen LogP) is 3.13. The van der Waals surface area contributed by atoms with Gasteiger partial charge >= 0.3 is 0 Å². The van der Waals surface area contributed by atoms with Crippen molar-refractivity contribution in [2.24, 2.45) is 0 Å². The van der Waals surface area contributed by atoms with Crippen LogP contribution in [-0.2, 0) is 19.5 Å². The minimum Gasteiger partial charge on any atom is -0.313 e. The first kappa shape index (κ1) is 14.7. The monoisotopic (exact) mass is 275 g/mol. The molecule has 1 aromatic carbocycles. The first-order chi connectivity index (χ1) is 9.74. The van der Waals surface area contributed by atoms with Gasteiger partial charge in [-0.2, -0.15) is 5.10 Å². The molecule has 0 amide bonds. The van der Waals surface area contributed by atoms with Crippen molar-refractivity contribution >= 4 is 0 Å². The van der Waals surface area contributed by atoms with E-state index in [9.17, 15) is 4.39 Å². The van der Waals surface area contributed by atoms with Crippen LogP contribution in [0, 0.1) is 5.82 Å². The molecule has 0 saturated heterocycles. The molecule has 108 valence electrons. The Kier molecular flexibility index (Phi) is 5.30. The van der Waals surface area contributed by atoms with Crippen LogP contribution in [-0.4, -0.2) is 16.3 Å². The predicted molar refractivity (Wildman–Crippen MR) is 79.1 cm³/mol. The Bertz CT molecular complexity index is 548. The first-order valence-corrected chi connectivity index (χ1v) is 7.23. The summed E-state index contributed by atoms with van der Waals surface area (Å²) in [5.74, 6) is -0.197. The molecule has 1 aromatic heterocycles. The van der Waals surface area contributed by atoms with E-state index in [1.165, 1.54) is 17.3 Å². The number of halogens is 1. The van der Waals surface area contributed by atoms with Gasteiger partial charge in [0.25, 0.3) is 0 Å². The van der Waals surface area contributed by atoms with Gasteiger partial charge in [-0.05, 0) is 37.1 Å². The number of hydrogen-bond donors (Lipinski definition) is 1. The van der Waals surface area contributed by atoms with Crippen molar-refractivity contribution in [3.8, 4) is 0 Å². The van der Waals surface area contributed by atoms with Crippen molar-refractivity contribution in [2.75, 3.05) is 6.54 Å². The van der Waals surface area contributed by atoms with E-state index in [1.54, 1.807) is 12.1 Å². The van der Waals surface area contributed by atoms with Crippen molar-refractivity contribution in [2.45, 2.75) is 39.8 Å². The van der Waals surface area contributed by atoms with E-state index >= 15 is 0 Å². The highest BCUT2D eigenvalue weighted by molar-refractivity contribution is 5.21. The Morgan fingerprint density at radius 1 is 1.30 bits per heavy atom. The van der Waals surface area contributed by atoms with E-state index in [1.807, 2.05) is 16.9 Å². The number of rotatable bonds is 7. The van der Waals surface area contributed by atoms with Crippen LogP contribution in [0.4, 0.5) is 4.39 Å². The van der Waals surface area contributed by atoms with Gasteiger partial charge in [0.05, 0.1) is 12.7 Å². The minimum absolute atomic E-state index is 0.197. The average Bonchev–Trinajstić information content (AvgIpc) is 2.81. The second kappa shape index (κ2) is 7.20. The molecular formula is C16H22FN3. The maximum absolute atomic E-state index is 13.2. The van der Waals surface area contributed by atoms with Gasteiger partial charge in [-0.25, -0.2) is 4.39 Å². The molecule has 0 atom stereocenters. The molecule has 1 N–H and O–H groups in total. The van der Waals surface area contributed by atoms with Crippen LogP contribution in [0.15, 0.2) is 30.5 Å². The molecule has 0 fully saturated rings. The highest BCUT2D eigenvalue weighted by Crippen LogP contribution is 2.13. The van der Waals surface area contributed by atoms with E-state index in [0.717, 1.165) is 31.5 Å². The molecule has 0 aliphatic rings. The van der Waals surface area contributed by atoms with Crippen molar-refractivity contribution in [3.63, 3.8) is 0 Å². The van der Waals surface area contributed by atoms with Crippen molar-refractivity contribution < 1.29 is 4.39 Å². The normalized spacial score (nSPS) is 10.9. The maximum atomic E-state index is 13.2. The van der Waals surface area contributed by atoms with Gasteiger partial charge in [-0.15, -0.1) is 0 Å². The van der Waals surface area contributed by atoms with Crippen LogP contribution in [0.25, 0.3) is 0 Å². The van der Waals surface area contributed by atoms with Crippen molar-refractivity contribution in [3.05, 3.63) is 53.1 Å². The minimum atomic E-state index is -0.197. The van der Waals surface area contributed by atoms with Gasteiger partial charge in [0.15, 0.2) is 0 Å². The molecule has 1 heterocycles. The summed E-state index contributed by atoms with van der Waals surface area (Å²) in [6.07, 6.45) is 3.97. The molecule has 0 bridgehead atoms. The molecular weight excluding hydrogens is 253 g/mol. The summed E-state index contributed by atoms with van der Waals surface area (Å²) >= 11 is 0. The summed E-state index contributed by atoms with van der Waals surface area (Å²) in [5, 5.41) is 7.84. The van der Waals surface area contributed by atoms with Crippen LogP contribution >= 0.6 is 0 Å². The fourth-order valence-corrected chi connectivity index (χ4v) is 2.35. The summed E-state index contributed by atoms with van der Waals surface area (Å²) in [5.41, 5.74) is 3.39. The fourth-order valence-electron chi connectivity index (χ4n) is 2.35. The highest BCUT2D eigenvalue weighted by Gasteiger charge is 2.09. The van der Waals surface area contributed by atoms with E-state index < -0.39 is 0 Å². The molecule has 20 heavy (non-hydrogen) atoms. The Morgan fingerprint density at radius 2 is 2.15 bits per heavy atom. The maximum Gasteiger partial charge on any atom is 0.123 e. The molecule has 2 rings (SSSR count). The molecule has 3 nitrogen and oxygen atoms in total. The number of benzene rings is 1. The molecule has 4 heteroatoms. The topological polar surface area (TPSA) is 29.9 Å². The molecule has 0 unspecified atom stereocenters. The number of nitrogens with zero attached hydrogens (tertiary/aromatic N) is 2. The zero-order chi connectivity index (χ0) is 14.4. The van der Waals surface area contributed by atoms with Gasteiger partial charge < -0.3 is 5.32 Å². The Balaban J connectivity index is 2.11. The summed E-state index contributed by atoms with van der Waals surface area (Å²) in [6.45, 7) is 6.76. The van der Waals surface area contributed by atoms with Crippen molar-refractivity contribution in [1.29, 1.82) is 0 Å². The standard InChI is InChI=1S/C16H22FN3/c1-3-8-18-10-14-11-19-20(16(14)4-2)12-13-6-5-7-15(17)9-13/h5-7,9,11,18H,3-4,8,10,12H2,1-2H3. The quantitative estimate of drug-likeness (QED) is 0.787. The third kappa shape index (κ3) is 3.67. The third-order valence-electron chi connectivity index (χ3n) is 3.33. The van der Waals surface area contributed by atoms with Gasteiger partial charge in [0.1, 0.15) is 5.82 Å². The first-order valence-electron chi connectivity index (χ1n) is 7.23. The van der Waals surface area contributed by atoms with E-state index in [0.29, 0.717) is 6.54 Å². The Morgan fingerprint density at radius 3 is 2.85 bits per heavy atom. The van der Waals surface area contributed by atoms with Crippen LogP contribution < -0.4 is 5.32 Å². The van der Waals surface area contributed by atoms with Crippen LogP contribution in [0.2, 0.25) is 0 Å². The zero-order valence-electron chi connectivity index (χ0n) is 12.2. The molecule has 0 aliphatic heterocycles. The Labute approximate surface area is 119 Å². The van der Waals surface area contributed by atoms with Gasteiger partial charge in [0, 0.05) is 17.8 Å². The lowest BCUT2D eigenvalue weighted by atomic mass is 10.2. The second-order valence-electron chi connectivity index (χ2n) is 4.93. The lowest BCUT2D eigenvalue weighted by Crippen LogP contribution is -2.15. The van der Waals surface area contributed by atoms with Gasteiger partial charge in [0.2, 0.25) is 0 Å². The lowest BCUT2D eigenvalue weighted by molar-refractivity contribution is 0.612. The SMILES string of the molecule is CCCNCc1cnn(Cc2cccc(F)c2)c1CC. The Hall–Kier alpha value is -1.68. The molecule has 0 saturated carbocycles. The average molecular weight is 275 g/mol. The molecule has 0 spiro atoms. The number of hydrogen-bond acceptors (Lipinski definition) is 2. The van der Waals surface area contributed by atoms with Crippen molar-refractivity contribution in [1.82, 2.24) is 15.1 Å².